The summed E-state index contributed by atoms with van der Waals surface area (Å²) in [6.07, 6.45) is -0.755. The molecular formula is C12H26N2O16S. The molecule has 0 aromatic carbocycles. The van der Waals surface area contributed by atoms with Crippen molar-refractivity contribution in [2.24, 2.45) is 0 Å². The summed E-state index contributed by atoms with van der Waals surface area (Å²) < 4.78 is 0. The first-order valence-corrected chi connectivity index (χ1v) is 6.68. The highest BCUT2D eigenvalue weighted by molar-refractivity contribution is 7.18. The molecule has 18 nitrogen and oxygen atoms in total. The summed E-state index contributed by atoms with van der Waals surface area (Å²) in [5.41, 5.74) is -0.634. The Morgan fingerprint density at radius 3 is 1.42 bits per heavy atom. The second-order valence-electron chi connectivity index (χ2n) is 4.22. The van der Waals surface area contributed by atoms with Crippen molar-refractivity contribution in [3.05, 3.63) is 16.0 Å². The topological polar surface area (TPSA) is 428 Å². The van der Waals surface area contributed by atoms with Crippen LogP contribution < -0.4 is 4.90 Å². The lowest BCUT2D eigenvalue weighted by Crippen LogP contribution is -2.34. The van der Waals surface area contributed by atoms with Crippen molar-refractivity contribution in [3.63, 3.8) is 0 Å². The molecule has 0 aliphatic carbocycles. The van der Waals surface area contributed by atoms with Gasteiger partial charge in [0.15, 0.2) is 0 Å². The van der Waals surface area contributed by atoms with Crippen molar-refractivity contribution < 1.29 is 83.4 Å². The average Bonchev–Trinajstić information content (AvgIpc) is 2.74. The van der Waals surface area contributed by atoms with Gasteiger partial charge in [-0.15, -0.1) is 11.3 Å². The quantitative estimate of drug-likeness (QED) is 0.269. The number of aromatic carboxylic acids is 1. The van der Waals surface area contributed by atoms with Crippen LogP contribution in [0, 0.1) is 11.3 Å². The van der Waals surface area contributed by atoms with E-state index in [0.717, 1.165) is 4.90 Å². The van der Waals surface area contributed by atoms with Gasteiger partial charge in [-0.05, 0) is 0 Å². The predicted octanol–water partition coefficient (Wildman–Crippen LogP) is -6.68. The van der Waals surface area contributed by atoms with E-state index in [-0.39, 0.29) is 59.9 Å². The minimum Gasteiger partial charge on any atom is -0.481 e. The van der Waals surface area contributed by atoms with Gasteiger partial charge in [0.25, 0.3) is 0 Å². The lowest BCUT2D eigenvalue weighted by atomic mass is 10.1. The number of carboxylic acid groups (broad SMARTS) is 4. The summed E-state index contributed by atoms with van der Waals surface area (Å²) >= 11 is 0.467. The summed E-state index contributed by atoms with van der Waals surface area (Å²) in [7, 11) is 0. The van der Waals surface area contributed by atoms with Crippen molar-refractivity contribution in [2.45, 2.75) is 6.42 Å². The third-order valence-electron chi connectivity index (χ3n) is 2.56. The van der Waals surface area contributed by atoms with Crippen LogP contribution in [-0.2, 0) is 20.8 Å². The van der Waals surface area contributed by atoms with E-state index in [1.54, 1.807) is 6.07 Å². The Labute approximate surface area is 176 Å². The van der Waals surface area contributed by atoms with E-state index in [0.29, 0.717) is 11.3 Å². The van der Waals surface area contributed by atoms with E-state index in [1.165, 1.54) is 0 Å². The minimum absolute atomic E-state index is 0. The molecule has 1 heterocycles. The third kappa shape index (κ3) is 13.4. The van der Waals surface area contributed by atoms with Crippen molar-refractivity contribution in [3.8, 4) is 6.07 Å². The molecule has 0 spiro atoms. The minimum atomic E-state index is -1.49. The van der Waals surface area contributed by atoms with Crippen LogP contribution in [0.5, 0.6) is 0 Å². The molecule has 20 N–H and O–H groups in total. The van der Waals surface area contributed by atoms with Gasteiger partial charge in [-0.25, -0.2) is 4.79 Å². The maximum atomic E-state index is 11.2. The zero-order chi connectivity index (χ0) is 17.7. The first kappa shape index (κ1) is 50.8. The number of carboxylic acids is 4. The fourth-order valence-electron chi connectivity index (χ4n) is 1.81. The van der Waals surface area contributed by atoms with Gasteiger partial charge in [0, 0.05) is 5.56 Å². The highest BCUT2D eigenvalue weighted by Gasteiger charge is 2.28. The van der Waals surface area contributed by atoms with Crippen LogP contribution in [-0.4, -0.2) is 101 Å². The van der Waals surface area contributed by atoms with E-state index in [1.807, 2.05) is 0 Å². The number of anilines is 1. The second kappa shape index (κ2) is 21.3. The van der Waals surface area contributed by atoms with Crippen LogP contribution >= 0.6 is 11.3 Å². The molecule has 0 bridgehead atoms. The maximum absolute atomic E-state index is 11.2. The zero-order valence-corrected chi connectivity index (χ0v) is 16.2. The highest BCUT2D eigenvalue weighted by atomic mass is 32.1. The van der Waals surface area contributed by atoms with Crippen LogP contribution in [0.4, 0.5) is 5.00 Å². The Kier molecular flexibility index (Phi) is 34.9. The SMILES string of the molecule is N#Cc1c(N(CC(=O)O)CC(=O)O)sc(C(=O)O)c1CC(=O)O.O.O.O.O.O.O.O.O. The molecule has 0 saturated carbocycles. The maximum Gasteiger partial charge on any atom is 0.346 e. The normalized spacial score (nSPS) is 7.32. The number of hydrogen-bond acceptors (Lipinski definition) is 7. The van der Waals surface area contributed by atoms with Crippen LogP contribution in [0.25, 0.3) is 0 Å². The van der Waals surface area contributed by atoms with Gasteiger partial charge < -0.3 is 69.1 Å². The zero-order valence-electron chi connectivity index (χ0n) is 15.3. The van der Waals surface area contributed by atoms with E-state index in [4.69, 9.17) is 20.4 Å². The highest BCUT2D eigenvalue weighted by Crippen LogP contribution is 2.36. The fraction of sp³-hybridized carbons (Fsp3) is 0.250. The van der Waals surface area contributed by atoms with Crippen LogP contribution in [0.2, 0.25) is 0 Å². The van der Waals surface area contributed by atoms with Gasteiger partial charge in [0.2, 0.25) is 0 Å². The molecule has 0 radical (unpaired) electrons. The number of nitriles is 1. The molecule has 186 valence electrons. The van der Waals surface area contributed by atoms with Gasteiger partial charge in [-0.1, -0.05) is 0 Å². The van der Waals surface area contributed by atoms with E-state index in [9.17, 15) is 24.4 Å². The third-order valence-corrected chi connectivity index (χ3v) is 3.84. The molecule has 0 amide bonds. The predicted molar refractivity (Wildman–Crippen MR) is 104 cm³/mol. The standard InChI is InChI=1S/C12H10N2O8S.8H2O/c13-2-6-5(1-7(15)16)10(12(21)22)23-11(6)14(3-8(17)18)4-9(19)20;;;;;;;;/h1,3-4H2,(H,15,16)(H,17,18)(H,19,20)(H,21,22);8*1H2. The summed E-state index contributed by atoms with van der Waals surface area (Å²) in [4.78, 5) is 44.1. The second-order valence-corrected chi connectivity index (χ2v) is 5.22. The molecule has 0 saturated heterocycles. The Balaban J connectivity index is -0.000000110. The van der Waals surface area contributed by atoms with E-state index < -0.39 is 48.3 Å². The van der Waals surface area contributed by atoms with Crippen LogP contribution in [0.1, 0.15) is 20.8 Å². The lowest BCUT2D eigenvalue weighted by Gasteiger charge is -2.19. The molecule has 0 aliphatic heterocycles. The molecule has 0 fully saturated rings. The molecule has 1 rings (SSSR count). The van der Waals surface area contributed by atoms with Crippen molar-refractivity contribution >= 4 is 40.2 Å². The average molecular weight is 486 g/mol. The van der Waals surface area contributed by atoms with Crippen molar-refractivity contribution in [1.82, 2.24) is 0 Å². The van der Waals surface area contributed by atoms with Gasteiger partial charge in [0.1, 0.15) is 29.0 Å². The largest absolute Gasteiger partial charge is 0.481 e. The smallest absolute Gasteiger partial charge is 0.346 e. The van der Waals surface area contributed by atoms with Crippen molar-refractivity contribution in [1.29, 1.82) is 5.26 Å². The Bertz CT molecular complexity index is 711. The Hall–Kier alpha value is -3.45. The molecule has 31 heavy (non-hydrogen) atoms. The number of aliphatic carboxylic acids is 3. The number of rotatable bonds is 8. The summed E-state index contributed by atoms with van der Waals surface area (Å²) in [6.45, 7) is -1.57. The van der Waals surface area contributed by atoms with E-state index in [2.05, 4.69) is 0 Å². The van der Waals surface area contributed by atoms with Gasteiger partial charge >= 0.3 is 23.9 Å². The summed E-state index contributed by atoms with van der Waals surface area (Å²) in [5, 5.41) is 44.6. The van der Waals surface area contributed by atoms with E-state index >= 15 is 0 Å². The Morgan fingerprint density at radius 1 is 0.774 bits per heavy atom. The summed E-state index contributed by atoms with van der Waals surface area (Å²) in [6, 6.07) is 1.63. The number of hydrogen-bond donors (Lipinski definition) is 4. The number of carbonyl (C=O) groups is 4. The number of nitrogens with zero attached hydrogens (tertiary/aromatic N) is 2. The monoisotopic (exact) mass is 486 g/mol. The van der Waals surface area contributed by atoms with Crippen LogP contribution in [0.15, 0.2) is 0 Å². The lowest BCUT2D eigenvalue weighted by molar-refractivity contribution is -0.137. The van der Waals surface area contributed by atoms with Crippen molar-refractivity contribution in [2.75, 3.05) is 18.0 Å². The van der Waals surface area contributed by atoms with Gasteiger partial charge in [-0.3, -0.25) is 14.4 Å². The molecule has 1 aromatic heterocycles. The van der Waals surface area contributed by atoms with Gasteiger partial charge in [0.05, 0.1) is 12.0 Å². The Morgan fingerprint density at radius 2 is 1.16 bits per heavy atom. The first-order valence-electron chi connectivity index (χ1n) is 5.86. The molecular weight excluding hydrogens is 460 g/mol. The molecule has 0 aliphatic rings. The molecule has 19 heteroatoms. The van der Waals surface area contributed by atoms with Gasteiger partial charge in [-0.2, -0.15) is 5.26 Å². The van der Waals surface area contributed by atoms with Crippen LogP contribution in [0.3, 0.4) is 0 Å². The fourth-order valence-corrected chi connectivity index (χ4v) is 2.92. The first-order chi connectivity index (χ1) is 10.7. The molecule has 0 unspecified atom stereocenters. The molecule has 1 aromatic rings. The number of thiophene rings is 1. The molecule has 0 atom stereocenters. The summed E-state index contributed by atoms with van der Waals surface area (Å²) in [5.74, 6) is -5.64.